The first-order valence-electron chi connectivity index (χ1n) is 10.9. The lowest BCUT2D eigenvalue weighted by molar-refractivity contribution is 0.0946. The molecule has 2 aromatic rings. The smallest absolute Gasteiger partial charge is 0.251 e. The number of para-hydroxylation sites is 1. The molecule has 28 heavy (non-hydrogen) atoms. The molecule has 1 N–H and O–H groups in total. The highest BCUT2D eigenvalue weighted by atomic mass is 16.1. The molecule has 1 atom stereocenters. The fourth-order valence-electron chi connectivity index (χ4n) is 4.04. The van der Waals surface area contributed by atoms with E-state index in [-0.39, 0.29) is 5.91 Å². The SMILES string of the molecule is CCCC[C@@H](CC)CNC(=O)c1ccc(CN2CCCc3ccccc32)cc1. The van der Waals surface area contributed by atoms with Crippen molar-refractivity contribution < 1.29 is 4.79 Å². The van der Waals surface area contributed by atoms with E-state index < -0.39 is 0 Å². The normalized spacial score (nSPS) is 14.4. The summed E-state index contributed by atoms with van der Waals surface area (Å²) < 4.78 is 0. The maximum atomic E-state index is 12.5. The van der Waals surface area contributed by atoms with E-state index in [1.54, 1.807) is 0 Å². The number of carbonyl (C=O) groups is 1. The Morgan fingerprint density at radius 3 is 2.64 bits per heavy atom. The monoisotopic (exact) mass is 378 g/mol. The summed E-state index contributed by atoms with van der Waals surface area (Å²) in [4.78, 5) is 14.9. The average molecular weight is 379 g/mol. The summed E-state index contributed by atoms with van der Waals surface area (Å²) in [6.45, 7) is 7.19. The number of amides is 1. The second kappa shape index (κ2) is 10.3. The lowest BCUT2D eigenvalue weighted by atomic mass is 9.99. The van der Waals surface area contributed by atoms with Crippen LogP contribution in [0.25, 0.3) is 0 Å². The van der Waals surface area contributed by atoms with Crippen molar-refractivity contribution >= 4 is 11.6 Å². The van der Waals surface area contributed by atoms with Gasteiger partial charge in [0, 0.05) is 30.9 Å². The minimum atomic E-state index is 0.0461. The van der Waals surface area contributed by atoms with Gasteiger partial charge in [0.25, 0.3) is 5.91 Å². The molecule has 0 unspecified atom stereocenters. The van der Waals surface area contributed by atoms with Crippen LogP contribution >= 0.6 is 0 Å². The Bertz CT molecular complexity index is 753. The van der Waals surface area contributed by atoms with Crippen LogP contribution in [0.2, 0.25) is 0 Å². The van der Waals surface area contributed by atoms with Crippen molar-refractivity contribution in [2.45, 2.75) is 58.9 Å². The molecular weight excluding hydrogens is 344 g/mol. The number of aryl methyl sites for hydroxylation is 1. The Morgan fingerprint density at radius 1 is 1.11 bits per heavy atom. The van der Waals surface area contributed by atoms with Crippen LogP contribution in [0.3, 0.4) is 0 Å². The molecule has 3 heteroatoms. The van der Waals surface area contributed by atoms with Crippen molar-refractivity contribution in [3.8, 4) is 0 Å². The molecular formula is C25H34N2O. The minimum absolute atomic E-state index is 0.0461. The van der Waals surface area contributed by atoms with Gasteiger partial charge in [0.2, 0.25) is 0 Å². The highest BCUT2D eigenvalue weighted by Gasteiger charge is 2.16. The van der Waals surface area contributed by atoms with E-state index in [0.717, 1.165) is 31.6 Å². The van der Waals surface area contributed by atoms with E-state index in [1.165, 1.54) is 48.9 Å². The lowest BCUT2D eigenvalue weighted by Gasteiger charge is -2.31. The minimum Gasteiger partial charge on any atom is -0.367 e. The van der Waals surface area contributed by atoms with Crippen molar-refractivity contribution in [2.24, 2.45) is 5.92 Å². The van der Waals surface area contributed by atoms with Crippen molar-refractivity contribution in [3.63, 3.8) is 0 Å². The average Bonchev–Trinajstić information content (AvgIpc) is 2.74. The first kappa shape index (κ1) is 20.4. The van der Waals surface area contributed by atoms with Gasteiger partial charge in [-0.3, -0.25) is 4.79 Å². The summed E-state index contributed by atoms with van der Waals surface area (Å²) >= 11 is 0. The summed E-state index contributed by atoms with van der Waals surface area (Å²) in [5, 5.41) is 3.12. The molecule has 1 aliphatic rings. The molecule has 150 valence electrons. The molecule has 2 aromatic carbocycles. The van der Waals surface area contributed by atoms with Gasteiger partial charge in [-0.15, -0.1) is 0 Å². The van der Waals surface area contributed by atoms with Crippen LogP contribution < -0.4 is 10.2 Å². The van der Waals surface area contributed by atoms with Gasteiger partial charge in [0.15, 0.2) is 0 Å². The molecule has 0 saturated heterocycles. The zero-order chi connectivity index (χ0) is 19.8. The third-order valence-corrected chi connectivity index (χ3v) is 5.89. The Hall–Kier alpha value is -2.29. The largest absolute Gasteiger partial charge is 0.367 e. The Kier molecular flexibility index (Phi) is 7.53. The third kappa shape index (κ3) is 5.37. The van der Waals surface area contributed by atoms with Crippen LogP contribution in [0.4, 0.5) is 5.69 Å². The zero-order valence-electron chi connectivity index (χ0n) is 17.4. The number of rotatable bonds is 9. The van der Waals surface area contributed by atoms with Crippen molar-refractivity contribution in [1.29, 1.82) is 0 Å². The van der Waals surface area contributed by atoms with E-state index in [0.29, 0.717) is 5.92 Å². The standard InChI is InChI=1S/C25H34N2O/c1-3-5-9-20(4-2)18-26-25(28)23-15-13-21(14-16-23)19-27-17-8-11-22-10-6-7-12-24(22)27/h6-7,10,12-16,20H,3-5,8-9,11,17-19H2,1-2H3,(H,26,28)/t20-/m1/s1. The van der Waals surface area contributed by atoms with Gasteiger partial charge in [-0.1, -0.05) is 63.4 Å². The number of benzene rings is 2. The number of carbonyl (C=O) groups excluding carboxylic acids is 1. The van der Waals surface area contributed by atoms with Crippen LogP contribution in [-0.4, -0.2) is 19.0 Å². The maximum absolute atomic E-state index is 12.5. The summed E-state index contributed by atoms with van der Waals surface area (Å²) in [5.41, 5.74) is 4.81. The van der Waals surface area contributed by atoms with Gasteiger partial charge in [-0.25, -0.2) is 0 Å². The molecule has 0 aliphatic carbocycles. The number of hydrogen-bond acceptors (Lipinski definition) is 2. The molecule has 3 nitrogen and oxygen atoms in total. The Labute approximate surface area is 170 Å². The topological polar surface area (TPSA) is 32.3 Å². The highest BCUT2D eigenvalue weighted by Crippen LogP contribution is 2.28. The number of anilines is 1. The van der Waals surface area contributed by atoms with E-state index in [1.807, 2.05) is 12.1 Å². The Morgan fingerprint density at radius 2 is 1.89 bits per heavy atom. The number of fused-ring (bicyclic) bond motifs is 1. The quantitative estimate of drug-likeness (QED) is 0.617. The van der Waals surface area contributed by atoms with E-state index >= 15 is 0 Å². The summed E-state index contributed by atoms with van der Waals surface area (Å²) in [5.74, 6) is 0.632. The van der Waals surface area contributed by atoms with Gasteiger partial charge in [0.1, 0.15) is 0 Å². The molecule has 0 aromatic heterocycles. The molecule has 0 radical (unpaired) electrons. The van der Waals surface area contributed by atoms with Crippen LogP contribution in [-0.2, 0) is 13.0 Å². The molecule has 0 fully saturated rings. The van der Waals surface area contributed by atoms with Crippen LogP contribution in [0.5, 0.6) is 0 Å². The molecule has 1 amide bonds. The fourth-order valence-corrected chi connectivity index (χ4v) is 4.04. The summed E-state index contributed by atoms with van der Waals surface area (Å²) in [7, 11) is 0. The maximum Gasteiger partial charge on any atom is 0.251 e. The summed E-state index contributed by atoms with van der Waals surface area (Å²) in [6.07, 6.45) is 7.15. The summed E-state index contributed by atoms with van der Waals surface area (Å²) in [6, 6.07) is 16.8. The lowest BCUT2D eigenvalue weighted by Crippen LogP contribution is -2.29. The van der Waals surface area contributed by atoms with Gasteiger partial charge in [0.05, 0.1) is 0 Å². The van der Waals surface area contributed by atoms with Gasteiger partial charge in [-0.2, -0.15) is 0 Å². The first-order valence-corrected chi connectivity index (χ1v) is 10.9. The number of nitrogens with zero attached hydrogens (tertiary/aromatic N) is 1. The molecule has 0 saturated carbocycles. The van der Waals surface area contributed by atoms with Crippen molar-refractivity contribution in [1.82, 2.24) is 5.32 Å². The zero-order valence-corrected chi connectivity index (χ0v) is 17.4. The van der Waals surface area contributed by atoms with E-state index in [2.05, 4.69) is 60.5 Å². The number of unbranched alkanes of at least 4 members (excludes halogenated alkanes) is 1. The first-order chi connectivity index (χ1) is 13.7. The molecule has 1 heterocycles. The molecule has 1 aliphatic heterocycles. The Balaban J connectivity index is 1.56. The molecule has 0 bridgehead atoms. The van der Waals surface area contributed by atoms with Gasteiger partial charge < -0.3 is 10.2 Å². The highest BCUT2D eigenvalue weighted by molar-refractivity contribution is 5.94. The van der Waals surface area contributed by atoms with Crippen LogP contribution in [0.1, 0.15) is 67.4 Å². The predicted octanol–water partition coefficient (Wildman–Crippen LogP) is 5.59. The second-order valence-corrected chi connectivity index (χ2v) is 7.98. The second-order valence-electron chi connectivity index (χ2n) is 7.98. The van der Waals surface area contributed by atoms with E-state index in [4.69, 9.17) is 0 Å². The van der Waals surface area contributed by atoms with Crippen LogP contribution in [0, 0.1) is 5.92 Å². The van der Waals surface area contributed by atoms with Gasteiger partial charge in [-0.05, 0) is 54.5 Å². The fraction of sp³-hybridized carbons (Fsp3) is 0.480. The van der Waals surface area contributed by atoms with Crippen LogP contribution in [0.15, 0.2) is 48.5 Å². The number of nitrogens with one attached hydrogen (secondary N) is 1. The van der Waals surface area contributed by atoms with Crippen molar-refractivity contribution in [2.75, 3.05) is 18.0 Å². The predicted molar refractivity (Wildman–Crippen MR) is 118 cm³/mol. The molecule has 3 rings (SSSR count). The van der Waals surface area contributed by atoms with Gasteiger partial charge >= 0.3 is 0 Å². The van der Waals surface area contributed by atoms with E-state index in [9.17, 15) is 4.79 Å². The van der Waals surface area contributed by atoms with Crippen molar-refractivity contribution in [3.05, 3.63) is 65.2 Å². The molecule has 0 spiro atoms. The third-order valence-electron chi connectivity index (χ3n) is 5.89. The number of hydrogen-bond donors (Lipinski definition) is 1.